The van der Waals surface area contributed by atoms with Crippen LogP contribution in [0.5, 0.6) is 11.5 Å². The maximum Gasteiger partial charge on any atom is 0.154 e. The van der Waals surface area contributed by atoms with Crippen molar-refractivity contribution in [1.29, 1.82) is 0 Å². The number of benzene rings is 1. The molecule has 0 amide bonds. The fraction of sp³-hybridized carbons (Fsp3) is 0.800. The van der Waals surface area contributed by atoms with E-state index in [2.05, 4.69) is 61.8 Å². The molecule has 1 aromatic carbocycles. The second-order valence-electron chi connectivity index (χ2n) is 9.89. The summed E-state index contributed by atoms with van der Waals surface area (Å²) in [5.41, 5.74) is 0. The van der Waals surface area contributed by atoms with Crippen LogP contribution >= 0.6 is 0 Å². The molecule has 202 valence electrons. The summed E-state index contributed by atoms with van der Waals surface area (Å²) in [5, 5.41) is 0. The van der Waals surface area contributed by atoms with Crippen molar-refractivity contribution in [3.05, 3.63) is 24.3 Å². The van der Waals surface area contributed by atoms with E-state index >= 15 is 0 Å². The second-order valence-corrected chi connectivity index (χ2v) is 9.89. The van der Waals surface area contributed by atoms with Gasteiger partial charge in [-0.15, -0.1) is 0 Å². The van der Waals surface area contributed by atoms with E-state index in [0.29, 0.717) is 13.2 Å². The largest absolute Gasteiger partial charge is 0.475 e. The molecule has 2 heterocycles. The Bertz CT molecular complexity index is 572. The van der Waals surface area contributed by atoms with Gasteiger partial charge in [-0.3, -0.25) is 9.80 Å². The number of unbranched alkanes of at least 4 members (excludes halogenated alkanes) is 8. The summed E-state index contributed by atoms with van der Waals surface area (Å²) < 4.78 is 19.1. The first kappa shape index (κ1) is 29.9. The molecule has 0 aromatic heterocycles. The molecule has 2 aliphatic rings. The molecule has 0 saturated heterocycles. The van der Waals surface area contributed by atoms with Gasteiger partial charge in [0.2, 0.25) is 0 Å². The maximum absolute atomic E-state index is 6.47. The average molecular weight is 491 g/mol. The molecule has 0 N–H and O–H groups in total. The summed E-state index contributed by atoms with van der Waals surface area (Å²) in [4.78, 5) is 4.94. The molecule has 2 atom stereocenters. The monoisotopic (exact) mass is 490 g/mol. The van der Waals surface area contributed by atoms with Gasteiger partial charge in [0.25, 0.3) is 0 Å². The van der Waals surface area contributed by atoms with Crippen molar-refractivity contribution in [2.24, 2.45) is 0 Å². The van der Waals surface area contributed by atoms with E-state index in [0.717, 1.165) is 50.5 Å². The number of hydrogen-bond donors (Lipinski definition) is 0. The number of rotatable bonds is 16. The highest BCUT2D eigenvalue weighted by Crippen LogP contribution is 2.24. The van der Waals surface area contributed by atoms with Crippen molar-refractivity contribution in [2.75, 3.05) is 39.4 Å². The van der Waals surface area contributed by atoms with E-state index in [1.165, 1.54) is 64.2 Å². The third-order valence-electron chi connectivity index (χ3n) is 7.11. The van der Waals surface area contributed by atoms with Gasteiger partial charge in [-0.05, 0) is 50.2 Å². The predicted molar refractivity (Wildman–Crippen MR) is 147 cm³/mol. The van der Waals surface area contributed by atoms with Crippen molar-refractivity contribution in [1.82, 2.24) is 9.80 Å². The van der Waals surface area contributed by atoms with Gasteiger partial charge in [-0.2, -0.15) is 0 Å². The van der Waals surface area contributed by atoms with Crippen LogP contribution < -0.4 is 9.47 Å². The van der Waals surface area contributed by atoms with Crippen LogP contribution in [0.25, 0.3) is 0 Å². The Balaban J connectivity index is 1.97. The lowest BCUT2D eigenvalue weighted by Gasteiger charge is -2.31. The minimum atomic E-state index is 0.0461. The smallest absolute Gasteiger partial charge is 0.154 e. The molecule has 0 saturated carbocycles. The van der Waals surface area contributed by atoms with Gasteiger partial charge in [0.15, 0.2) is 12.5 Å². The van der Waals surface area contributed by atoms with Crippen molar-refractivity contribution in [3.63, 3.8) is 0 Å². The average Bonchev–Trinajstić information content (AvgIpc) is 2.90. The zero-order valence-electron chi connectivity index (χ0n) is 23.3. The van der Waals surface area contributed by atoms with E-state index < -0.39 is 0 Å². The molecule has 2 unspecified atom stereocenters. The first-order valence-corrected chi connectivity index (χ1v) is 14.7. The quantitative estimate of drug-likeness (QED) is 0.224. The zero-order chi connectivity index (χ0) is 25.1. The van der Waals surface area contributed by atoms with Crippen LogP contribution in [0, 0.1) is 0 Å². The summed E-state index contributed by atoms with van der Waals surface area (Å²) in [7, 11) is 0. The van der Waals surface area contributed by atoms with Gasteiger partial charge in [-0.25, -0.2) is 0 Å². The minimum absolute atomic E-state index is 0.0461. The molecule has 3 rings (SSSR count). The van der Waals surface area contributed by atoms with Crippen molar-refractivity contribution in [3.8, 4) is 11.5 Å². The van der Waals surface area contributed by atoms with Crippen LogP contribution in [0.15, 0.2) is 24.3 Å². The summed E-state index contributed by atoms with van der Waals surface area (Å²) in [5.74, 6) is 1.82. The summed E-state index contributed by atoms with van der Waals surface area (Å²) in [6.07, 6.45) is 14.8. The van der Waals surface area contributed by atoms with Crippen LogP contribution in [0.2, 0.25) is 0 Å². The minimum Gasteiger partial charge on any atom is -0.475 e. The Morgan fingerprint density at radius 1 is 0.600 bits per heavy atom. The second kappa shape index (κ2) is 18.9. The molecule has 2 bridgehead atoms. The lowest BCUT2D eigenvalue weighted by Crippen LogP contribution is -2.41. The Labute approximate surface area is 216 Å². The third-order valence-corrected chi connectivity index (χ3v) is 7.11. The molecule has 5 heteroatoms. The molecule has 0 radical (unpaired) electrons. The lowest BCUT2D eigenvalue weighted by atomic mass is 10.1. The zero-order valence-corrected chi connectivity index (χ0v) is 23.3. The van der Waals surface area contributed by atoms with Crippen LogP contribution in [0.1, 0.15) is 105 Å². The Hall–Kier alpha value is -1.30. The van der Waals surface area contributed by atoms with E-state index in [4.69, 9.17) is 14.2 Å². The van der Waals surface area contributed by atoms with Gasteiger partial charge in [0.1, 0.15) is 11.5 Å². The normalized spacial score (nSPS) is 19.1. The molecule has 0 spiro atoms. The van der Waals surface area contributed by atoms with Crippen LogP contribution in [-0.4, -0.2) is 61.6 Å². The summed E-state index contributed by atoms with van der Waals surface area (Å²) in [6.45, 7) is 14.6. The number of fused-ring (bicyclic) bond motifs is 10. The summed E-state index contributed by atoms with van der Waals surface area (Å²) in [6, 6.07) is 8.26. The highest BCUT2D eigenvalue weighted by Gasteiger charge is 2.22. The molecule has 5 nitrogen and oxygen atoms in total. The van der Waals surface area contributed by atoms with Crippen molar-refractivity contribution < 1.29 is 14.2 Å². The number of hydrogen-bond acceptors (Lipinski definition) is 5. The molecule has 35 heavy (non-hydrogen) atoms. The number of ether oxygens (including phenoxy) is 3. The highest BCUT2D eigenvalue weighted by molar-refractivity contribution is 5.31. The van der Waals surface area contributed by atoms with Crippen LogP contribution in [0.3, 0.4) is 0 Å². The SMILES string of the molecule is CCCCCCCN(CC)C1CCOCCC(N(CC)CCCCCCC)Oc2ccc(cc2)O1. The molecule has 2 aliphatic heterocycles. The Morgan fingerprint density at radius 2 is 1.00 bits per heavy atom. The van der Waals surface area contributed by atoms with Gasteiger partial charge in [0, 0.05) is 25.9 Å². The maximum atomic E-state index is 6.47. The fourth-order valence-electron chi connectivity index (χ4n) is 4.86. The topological polar surface area (TPSA) is 34.2 Å². The first-order chi connectivity index (χ1) is 17.2. The molecular weight excluding hydrogens is 436 g/mol. The molecule has 0 aliphatic carbocycles. The third kappa shape index (κ3) is 12.0. The molecule has 1 aromatic rings. The first-order valence-electron chi connectivity index (χ1n) is 14.7. The van der Waals surface area contributed by atoms with E-state index in [1.807, 2.05) is 0 Å². The molecule has 0 fully saturated rings. The van der Waals surface area contributed by atoms with Gasteiger partial charge >= 0.3 is 0 Å². The van der Waals surface area contributed by atoms with Gasteiger partial charge < -0.3 is 14.2 Å². The van der Waals surface area contributed by atoms with Crippen LogP contribution in [-0.2, 0) is 4.74 Å². The van der Waals surface area contributed by atoms with E-state index in [9.17, 15) is 0 Å². The van der Waals surface area contributed by atoms with Crippen molar-refractivity contribution in [2.45, 2.75) is 117 Å². The highest BCUT2D eigenvalue weighted by atomic mass is 16.5. The number of nitrogens with zero attached hydrogens (tertiary/aromatic N) is 2. The summed E-state index contributed by atoms with van der Waals surface area (Å²) >= 11 is 0. The predicted octanol–water partition coefficient (Wildman–Crippen LogP) is 7.49. The Kier molecular flexibility index (Phi) is 16.2. The van der Waals surface area contributed by atoms with Crippen LogP contribution in [0.4, 0.5) is 0 Å². The molecular formula is C30H54N2O3. The van der Waals surface area contributed by atoms with E-state index in [-0.39, 0.29) is 12.5 Å². The van der Waals surface area contributed by atoms with E-state index in [1.54, 1.807) is 0 Å². The van der Waals surface area contributed by atoms with Crippen molar-refractivity contribution >= 4 is 0 Å². The van der Waals surface area contributed by atoms with Gasteiger partial charge in [-0.1, -0.05) is 79.1 Å². The lowest BCUT2D eigenvalue weighted by molar-refractivity contribution is -0.0203. The fourth-order valence-corrected chi connectivity index (χ4v) is 4.86. The standard InChI is InChI=1S/C30H54N2O3/c1-5-9-11-13-15-23-31(7-3)29-21-25-33-26-22-30(32(8-4)24-16-14-12-10-6-2)35-28-19-17-27(34-29)18-20-28/h17-20,29-30H,5-16,21-26H2,1-4H3. The Morgan fingerprint density at radius 3 is 1.37 bits per heavy atom. The van der Waals surface area contributed by atoms with Gasteiger partial charge in [0.05, 0.1) is 13.2 Å².